The molecule has 1 aromatic carbocycles. The number of benzene rings is 1. The molecule has 0 unspecified atom stereocenters. The second-order valence-corrected chi connectivity index (χ2v) is 3.68. The Balaban J connectivity index is 2.87. The molecule has 0 radical (unpaired) electrons. The number of halogens is 4. The van der Waals surface area contributed by atoms with E-state index in [1.165, 1.54) is 6.07 Å². The van der Waals surface area contributed by atoms with Crippen molar-refractivity contribution in [3.05, 3.63) is 35.3 Å². The molecule has 2 rings (SSSR count). The summed E-state index contributed by atoms with van der Waals surface area (Å²) in [4.78, 5) is 3.29. The zero-order valence-corrected chi connectivity index (χ0v) is 8.77. The minimum atomic E-state index is -4.64. The summed E-state index contributed by atoms with van der Waals surface area (Å²) >= 11 is 0. The van der Waals surface area contributed by atoms with Gasteiger partial charge in [-0.15, -0.1) is 0 Å². The number of nitrogen functional groups attached to an aromatic ring is 1. The number of nitrogens with two attached hydrogens (primary N) is 1. The maximum absolute atomic E-state index is 13.4. The molecule has 1 aromatic heterocycles. The second-order valence-electron chi connectivity index (χ2n) is 3.68. The van der Waals surface area contributed by atoms with Crippen molar-refractivity contribution in [3.8, 4) is 0 Å². The van der Waals surface area contributed by atoms with Crippen molar-refractivity contribution in [2.75, 3.05) is 5.73 Å². The molecule has 0 aliphatic rings. The topological polar surface area (TPSA) is 38.9 Å². The lowest BCUT2D eigenvalue weighted by molar-refractivity contribution is -0.140. The summed E-state index contributed by atoms with van der Waals surface area (Å²) in [6.45, 7) is 1.63. The Labute approximate surface area is 94.1 Å². The second kappa shape index (κ2) is 3.58. The molecule has 0 spiro atoms. The van der Waals surface area contributed by atoms with Crippen LogP contribution >= 0.6 is 0 Å². The molecule has 0 bridgehead atoms. The van der Waals surface area contributed by atoms with Crippen LogP contribution in [0.3, 0.4) is 0 Å². The molecule has 0 aliphatic carbocycles. The number of hydrogen-bond acceptors (Lipinski definition) is 2. The van der Waals surface area contributed by atoms with E-state index >= 15 is 0 Å². The number of fused-ring (bicyclic) bond motifs is 1. The number of hydrogen-bond donors (Lipinski definition) is 1. The Morgan fingerprint density at radius 3 is 2.47 bits per heavy atom. The van der Waals surface area contributed by atoms with Crippen LogP contribution in [-0.4, -0.2) is 4.98 Å². The molecule has 0 aliphatic heterocycles. The third kappa shape index (κ3) is 1.90. The van der Waals surface area contributed by atoms with Crippen LogP contribution in [0.5, 0.6) is 0 Å². The van der Waals surface area contributed by atoms with Gasteiger partial charge >= 0.3 is 6.18 Å². The number of pyridine rings is 1. The van der Waals surface area contributed by atoms with Crippen LogP contribution in [0.15, 0.2) is 18.2 Å². The van der Waals surface area contributed by atoms with Gasteiger partial charge in [-0.05, 0) is 24.6 Å². The minimum Gasteiger partial charge on any atom is -0.398 e. The molecule has 6 heteroatoms. The van der Waals surface area contributed by atoms with Crippen molar-refractivity contribution >= 4 is 16.6 Å². The van der Waals surface area contributed by atoms with E-state index in [4.69, 9.17) is 5.73 Å². The zero-order chi connectivity index (χ0) is 12.8. The molecule has 0 saturated heterocycles. The van der Waals surface area contributed by atoms with Crippen molar-refractivity contribution < 1.29 is 17.6 Å². The first-order valence-corrected chi connectivity index (χ1v) is 4.73. The molecule has 17 heavy (non-hydrogen) atoms. The molecule has 2 nitrogen and oxygen atoms in total. The SMILES string of the molecule is Cc1ccc(F)c2nc(C(F)(F)F)cc(N)c12. The van der Waals surface area contributed by atoms with Crippen LogP contribution in [0.1, 0.15) is 11.3 Å². The fourth-order valence-electron chi connectivity index (χ4n) is 1.66. The van der Waals surface area contributed by atoms with Crippen molar-refractivity contribution in [1.82, 2.24) is 4.98 Å². The smallest absolute Gasteiger partial charge is 0.398 e. The molecule has 0 atom stereocenters. The van der Waals surface area contributed by atoms with E-state index in [0.717, 1.165) is 12.1 Å². The number of aromatic nitrogens is 1. The van der Waals surface area contributed by atoms with Gasteiger partial charge in [0.25, 0.3) is 0 Å². The lowest BCUT2D eigenvalue weighted by Crippen LogP contribution is -2.10. The summed E-state index contributed by atoms with van der Waals surface area (Å²) in [5, 5.41) is 0.220. The van der Waals surface area contributed by atoms with E-state index < -0.39 is 17.7 Å². The monoisotopic (exact) mass is 244 g/mol. The summed E-state index contributed by atoms with van der Waals surface area (Å²) in [6.07, 6.45) is -4.64. The van der Waals surface area contributed by atoms with E-state index in [1.807, 2.05) is 0 Å². The molecule has 0 saturated carbocycles. The Hall–Kier alpha value is -1.85. The number of nitrogens with zero attached hydrogens (tertiary/aromatic N) is 1. The maximum atomic E-state index is 13.4. The van der Waals surface area contributed by atoms with Gasteiger partial charge in [-0.25, -0.2) is 9.37 Å². The first-order valence-electron chi connectivity index (χ1n) is 4.73. The highest BCUT2D eigenvalue weighted by Gasteiger charge is 2.33. The van der Waals surface area contributed by atoms with E-state index in [2.05, 4.69) is 4.98 Å². The van der Waals surface area contributed by atoms with Crippen LogP contribution in [0.2, 0.25) is 0 Å². The highest BCUT2D eigenvalue weighted by molar-refractivity contribution is 5.93. The van der Waals surface area contributed by atoms with Gasteiger partial charge in [-0.1, -0.05) is 6.07 Å². The fraction of sp³-hybridized carbons (Fsp3) is 0.182. The summed E-state index contributed by atoms with van der Waals surface area (Å²) < 4.78 is 50.9. The predicted molar refractivity (Wildman–Crippen MR) is 55.9 cm³/mol. The van der Waals surface area contributed by atoms with Gasteiger partial charge in [-0.2, -0.15) is 13.2 Å². The zero-order valence-electron chi connectivity index (χ0n) is 8.77. The van der Waals surface area contributed by atoms with Crippen molar-refractivity contribution in [2.24, 2.45) is 0 Å². The Kier molecular flexibility index (Phi) is 2.45. The van der Waals surface area contributed by atoms with Crippen LogP contribution in [0.4, 0.5) is 23.2 Å². The molecular weight excluding hydrogens is 236 g/mol. The minimum absolute atomic E-state index is 0.126. The average molecular weight is 244 g/mol. The van der Waals surface area contributed by atoms with E-state index in [-0.39, 0.29) is 16.6 Å². The highest BCUT2D eigenvalue weighted by Crippen LogP contribution is 2.33. The molecule has 0 fully saturated rings. The fourth-order valence-corrected chi connectivity index (χ4v) is 1.66. The van der Waals surface area contributed by atoms with Crippen molar-refractivity contribution in [2.45, 2.75) is 13.1 Å². The summed E-state index contributed by atoms with van der Waals surface area (Å²) in [5.74, 6) is -0.816. The Bertz CT molecular complexity index is 590. The standard InChI is InChI=1S/C11H8F4N2/c1-5-2-3-6(12)10-9(5)7(16)4-8(17-10)11(13,14)15/h2-4H,1H3,(H2,16,17). The Morgan fingerprint density at radius 1 is 1.24 bits per heavy atom. The lowest BCUT2D eigenvalue weighted by Gasteiger charge is -2.11. The van der Waals surface area contributed by atoms with Gasteiger partial charge in [0.2, 0.25) is 0 Å². The molecule has 0 amide bonds. The molecule has 2 aromatic rings. The van der Waals surface area contributed by atoms with Gasteiger partial charge in [0.1, 0.15) is 17.0 Å². The van der Waals surface area contributed by atoms with E-state index in [0.29, 0.717) is 5.56 Å². The van der Waals surface area contributed by atoms with E-state index in [1.54, 1.807) is 6.92 Å². The number of rotatable bonds is 0. The van der Waals surface area contributed by atoms with Gasteiger partial charge in [0.15, 0.2) is 0 Å². The van der Waals surface area contributed by atoms with Crippen LogP contribution < -0.4 is 5.73 Å². The van der Waals surface area contributed by atoms with Crippen molar-refractivity contribution in [3.63, 3.8) is 0 Å². The average Bonchev–Trinajstić information content (AvgIpc) is 2.21. The van der Waals surface area contributed by atoms with Crippen LogP contribution in [0.25, 0.3) is 10.9 Å². The summed E-state index contributed by atoms with van der Waals surface area (Å²) in [5.41, 5.74) is 4.44. The maximum Gasteiger partial charge on any atom is 0.433 e. The van der Waals surface area contributed by atoms with Crippen LogP contribution in [0, 0.1) is 12.7 Å². The largest absolute Gasteiger partial charge is 0.433 e. The molecule has 2 N–H and O–H groups in total. The number of aryl methyl sites for hydroxylation is 1. The normalized spacial score (nSPS) is 12.1. The van der Waals surface area contributed by atoms with Gasteiger partial charge in [0.05, 0.1) is 0 Å². The van der Waals surface area contributed by atoms with Crippen molar-refractivity contribution in [1.29, 1.82) is 0 Å². The molecule has 90 valence electrons. The third-order valence-corrected chi connectivity index (χ3v) is 2.44. The Morgan fingerprint density at radius 2 is 1.88 bits per heavy atom. The van der Waals surface area contributed by atoms with Gasteiger partial charge in [-0.3, -0.25) is 0 Å². The van der Waals surface area contributed by atoms with Crippen LogP contribution in [-0.2, 0) is 6.18 Å². The predicted octanol–water partition coefficient (Wildman–Crippen LogP) is 3.28. The first kappa shape index (κ1) is 11.6. The highest BCUT2D eigenvalue weighted by atomic mass is 19.4. The summed E-state index contributed by atoms with van der Waals surface area (Å²) in [7, 11) is 0. The first-order chi connectivity index (χ1) is 7.80. The molecular formula is C11H8F4N2. The lowest BCUT2D eigenvalue weighted by atomic mass is 10.1. The molecule has 1 heterocycles. The quantitative estimate of drug-likeness (QED) is 0.722. The van der Waals surface area contributed by atoms with Gasteiger partial charge in [0, 0.05) is 11.1 Å². The van der Waals surface area contributed by atoms with E-state index in [9.17, 15) is 17.6 Å². The summed E-state index contributed by atoms with van der Waals surface area (Å²) in [6, 6.07) is 3.24. The third-order valence-electron chi connectivity index (χ3n) is 2.44. The number of anilines is 1. The number of alkyl halides is 3. The van der Waals surface area contributed by atoms with Gasteiger partial charge < -0.3 is 5.73 Å².